The lowest BCUT2D eigenvalue weighted by Gasteiger charge is -2.37. The number of aryl methyl sites for hydroxylation is 1. The number of hydrogen-bond acceptors (Lipinski definition) is 5. The number of carbonyl (C=O) groups is 2. The number of carbonyl (C=O) groups excluding carboxylic acids is 2. The van der Waals surface area contributed by atoms with E-state index in [0.29, 0.717) is 16.1 Å². The zero-order chi connectivity index (χ0) is 23.4. The lowest BCUT2D eigenvalue weighted by molar-refractivity contribution is 0.0834. The monoisotopic (exact) mass is 477 g/mol. The number of hydrogen-bond donors (Lipinski definition) is 3. The third-order valence-electron chi connectivity index (χ3n) is 7.85. The molecule has 2 aromatic heterocycles. The summed E-state index contributed by atoms with van der Waals surface area (Å²) in [5.74, 6) is -0.220. The van der Waals surface area contributed by atoms with Crippen LogP contribution in [0.1, 0.15) is 68.5 Å². The van der Waals surface area contributed by atoms with Crippen molar-refractivity contribution in [3.63, 3.8) is 0 Å². The Morgan fingerprint density at radius 3 is 2.79 bits per heavy atom. The van der Waals surface area contributed by atoms with Crippen LogP contribution in [0.25, 0.3) is 10.9 Å². The summed E-state index contributed by atoms with van der Waals surface area (Å²) in [7, 11) is 2.10. The van der Waals surface area contributed by atoms with E-state index in [1.54, 1.807) is 0 Å². The number of rotatable bonds is 4. The fourth-order valence-corrected chi connectivity index (χ4v) is 6.69. The first-order chi connectivity index (χ1) is 16.4. The van der Waals surface area contributed by atoms with E-state index < -0.39 is 0 Å². The van der Waals surface area contributed by atoms with E-state index in [1.165, 1.54) is 34.6 Å². The quantitative estimate of drug-likeness (QED) is 0.533. The van der Waals surface area contributed by atoms with Gasteiger partial charge in [0.2, 0.25) is 0 Å². The maximum atomic E-state index is 13.2. The molecule has 34 heavy (non-hydrogen) atoms. The van der Waals surface area contributed by atoms with Crippen molar-refractivity contribution in [2.45, 2.75) is 64.1 Å². The number of nitrogens with zero attached hydrogens (tertiary/aromatic N) is 2. The standard InChI is InChI=1S/C26H31N5O2S/c1-15-3-4-17-16(11-15)12-20(27-17)23(32)28-18-5-7-26(8-9-26)13-21(18)29-24(33)25-30-19-6-10-31(2)14-22(19)34-25/h3-4,11-12,18,21,27H,5-10,13-14H2,1-2H3,(H,28,32)(H,29,33)/t18-,21+/m0/s1. The second kappa shape index (κ2) is 8.20. The molecule has 2 atom stereocenters. The van der Waals surface area contributed by atoms with Gasteiger partial charge in [-0.3, -0.25) is 9.59 Å². The SMILES string of the molecule is Cc1ccc2[nH]c(C(=O)N[C@H]3CCC4(CC4)C[C@H]3NC(=O)c3nc4c(s3)CN(C)CC4)cc2c1. The first-order valence-corrected chi connectivity index (χ1v) is 13.1. The molecule has 1 spiro atoms. The maximum Gasteiger partial charge on any atom is 0.280 e. The highest BCUT2D eigenvalue weighted by Gasteiger charge is 2.49. The molecular formula is C26H31N5O2S. The Balaban J connectivity index is 1.18. The minimum Gasteiger partial charge on any atom is -0.351 e. The number of benzene rings is 1. The van der Waals surface area contributed by atoms with E-state index in [4.69, 9.17) is 0 Å². The van der Waals surface area contributed by atoms with Crippen molar-refractivity contribution in [1.82, 2.24) is 25.5 Å². The Labute approximate surface area is 203 Å². The molecule has 8 heteroatoms. The van der Waals surface area contributed by atoms with Crippen LogP contribution in [0.4, 0.5) is 0 Å². The molecule has 2 amide bonds. The van der Waals surface area contributed by atoms with Gasteiger partial charge in [-0.15, -0.1) is 11.3 Å². The Morgan fingerprint density at radius 2 is 1.97 bits per heavy atom. The van der Waals surface area contributed by atoms with Crippen LogP contribution in [0.15, 0.2) is 24.3 Å². The van der Waals surface area contributed by atoms with Crippen LogP contribution in [-0.4, -0.2) is 52.4 Å². The average molecular weight is 478 g/mol. The molecule has 0 bridgehead atoms. The van der Waals surface area contributed by atoms with Crippen molar-refractivity contribution in [2.75, 3.05) is 13.6 Å². The highest BCUT2D eigenvalue weighted by atomic mass is 32.1. The number of likely N-dealkylation sites (N-methyl/N-ethyl adjacent to an activating group) is 1. The zero-order valence-corrected chi connectivity index (χ0v) is 20.6. The van der Waals surface area contributed by atoms with E-state index in [-0.39, 0.29) is 23.9 Å². The van der Waals surface area contributed by atoms with Crippen molar-refractivity contribution < 1.29 is 9.59 Å². The van der Waals surface area contributed by atoms with Gasteiger partial charge in [-0.05, 0) is 69.7 Å². The normalized spacial score (nSPS) is 23.6. The van der Waals surface area contributed by atoms with Gasteiger partial charge in [-0.1, -0.05) is 11.6 Å². The predicted octanol–water partition coefficient (Wildman–Crippen LogP) is 3.78. The summed E-state index contributed by atoms with van der Waals surface area (Å²) in [6, 6.07) is 7.87. The molecule has 0 unspecified atom stereocenters. The van der Waals surface area contributed by atoms with Gasteiger partial charge in [0.1, 0.15) is 5.69 Å². The Bertz CT molecular complexity index is 1270. The fourth-order valence-electron chi connectivity index (χ4n) is 5.60. The van der Waals surface area contributed by atoms with E-state index >= 15 is 0 Å². The van der Waals surface area contributed by atoms with Gasteiger partial charge < -0.3 is 20.5 Å². The highest BCUT2D eigenvalue weighted by Crippen LogP contribution is 2.56. The molecular weight excluding hydrogens is 446 g/mol. The van der Waals surface area contributed by atoms with E-state index in [2.05, 4.69) is 38.6 Å². The lowest BCUT2D eigenvalue weighted by Crippen LogP contribution is -2.55. The summed E-state index contributed by atoms with van der Waals surface area (Å²) >= 11 is 1.51. The zero-order valence-electron chi connectivity index (χ0n) is 19.7. The average Bonchev–Trinajstić information content (AvgIpc) is 3.22. The molecule has 178 valence electrons. The summed E-state index contributed by atoms with van der Waals surface area (Å²) in [4.78, 5) is 37.7. The van der Waals surface area contributed by atoms with Gasteiger partial charge in [0.15, 0.2) is 5.01 Å². The van der Waals surface area contributed by atoms with Crippen molar-refractivity contribution in [3.8, 4) is 0 Å². The molecule has 3 aromatic rings. The third-order valence-corrected chi connectivity index (χ3v) is 8.93. The summed E-state index contributed by atoms with van der Waals surface area (Å²) in [6.45, 7) is 3.88. The van der Waals surface area contributed by atoms with Crippen LogP contribution in [0.2, 0.25) is 0 Å². The smallest absolute Gasteiger partial charge is 0.280 e. The predicted molar refractivity (Wildman–Crippen MR) is 133 cm³/mol. The number of fused-ring (bicyclic) bond motifs is 2. The maximum absolute atomic E-state index is 13.2. The van der Waals surface area contributed by atoms with Gasteiger partial charge in [-0.2, -0.15) is 0 Å². The highest BCUT2D eigenvalue weighted by molar-refractivity contribution is 7.13. The van der Waals surface area contributed by atoms with Gasteiger partial charge in [-0.25, -0.2) is 4.98 Å². The first kappa shape index (κ1) is 21.8. The number of thiazole rings is 1. The molecule has 1 aromatic carbocycles. The molecule has 6 rings (SSSR count). The van der Waals surface area contributed by atoms with Gasteiger partial charge in [0.05, 0.1) is 5.69 Å². The molecule has 0 radical (unpaired) electrons. The first-order valence-electron chi connectivity index (χ1n) is 12.3. The Kier molecular flexibility index (Phi) is 5.26. The van der Waals surface area contributed by atoms with Crippen molar-refractivity contribution >= 4 is 34.1 Å². The number of nitrogens with one attached hydrogen (secondary N) is 3. The summed E-state index contributed by atoms with van der Waals surface area (Å²) in [6.07, 6.45) is 6.25. The minimum atomic E-state index is -0.113. The topological polar surface area (TPSA) is 90.1 Å². The van der Waals surface area contributed by atoms with Gasteiger partial charge in [0, 0.05) is 47.4 Å². The molecule has 7 nitrogen and oxygen atoms in total. The summed E-state index contributed by atoms with van der Waals surface area (Å²) < 4.78 is 0. The van der Waals surface area contributed by atoms with Crippen LogP contribution >= 0.6 is 11.3 Å². The van der Waals surface area contributed by atoms with Crippen molar-refractivity contribution in [2.24, 2.45) is 5.41 Å². The Morgan fingerprint density at radius 1 is 1.15 bits per heavy atom. The van der Waals surface area contributed by atoms with Crippen molar-refractivity contribution in [3.05, 3.63) is 51.1 Å². The molecule has 2 fully saturated rings. The minimum absolute atomic E-state index is 0.0806. The lowest BCUT2D eigenvalue weighted by atomic mass is 9.79. The van der Waals surface area contributed by atoms with Gasteiger partial charge in [0.25, 0.3) is 11.8 Å². The number of amides is 2. The third kappa shape index (κ3) is 4.14. The summed E-state index contributed by atoms with van der Waals surface area (Å²) in [5.41, 5.74) is 4.10. The molecule has 3 aliphatic rings. The van der Waals surface area contributed by atoms with Crippen LogP contribution in [-0.2, 0) is 13.0 Å². The second-order valence-electron chi connectivity index (χ2n) is 10.6. The largest absolute Gasteiger partial charge is 0.351 e. The van der Waals surface area contributed by atoms with E-state index in [1.807, 2.05) is 25.1 Å². The number of aromatic nitrogens is 2. The summed E-state index contributed by atoms with van der Waals surface area (Å²) in [5, 5.41) is 8.08. The fraction of sp³-hybridized carbons (Fsp3) is 0.500. The van der Waals surface area contributed by atoms with Crippen LogP contribution < -0.4 is 10.6 Å². The number of H-pyrrole nitrogens is 1. The molecule has 3 N–H and O–H groups in total. The van der Waals surface area contributed by atoms with E-state index in [0.717, 1.165) is 55.4 Å². The molecule has 2 aliphatic carbocycles. The van der Waals surface area contributed by atoms with Crippen LogP contribution in [0.3, 0.4) is 0 Å². The van der Waals surface area contributed by atoms with Gasteiger partial charge >= 0.3 is 0 Å². The molecule has 1 aliphatic heterocycles. The molecule has 2 saturated carbocycles. The Hall–Kier alpha value is -2.71. The molecule has 3 heterocycles. The van der Waals surface area contributed by atoms with Crippen molar-refractivity contribution in [1.29, 1.82) is 0 Å². The van der Waals surface area contributed by atoms with Crippen LogP contribution in [0, 0.1) is 12.3 Å². The van der Waals surface area contributed by atoms with E-state index in [9.17, 15) is 9.59 Å². The number of aromatic amines is 1. The van der Waals surface area contributed by atoms with Crippen LogP contribution in [0.5, 0.6) is 0 Å². The molecule has 0 saturated heterocycles. The second-order valence-corrected chi connectivity index (χ2v) is 11.6.